The molecule has 4 nitrogen and oxygen atoms in total. The highest BCUT2D eigenvalue weighted by atomic mass is 16.3. The molecule has 2 rings (SSSR count). The number of aromatic nitrogens is 2. The number of hydrogen-bond donors (Lipinski definition) is 2. The van der Waals surface area contributed by atoms with Gasteiger partial charge in [0, 0.05) is 5.56 Å². The number of rotatable bonds is 1. The topological polar surface area (TPSA) is 66.0 Å². The first kappa shape index (κ1) is 11.4. The highest BCUT2D eigenvalue weighted by molar-refractivity contribution is 5.61. The molecule has 0 fully saturated rings. The molecule has 0 atom stereocenters. The number of nitrogens with zero attached hydrogens (tertiary/aromatic N) is 1. The van der Waals surface area contributed by atoms with E-state index in [2.05, 4.69) is 9.97 Å². The van der Waals surface area contributed by atoms with Gasteiger partial charge in [-0.15, -0.1) is 0 Å². The zero-order valence-electron chi connectivity index (χ0n) is 10.0. The van der Waals surface area contributed by atoms with Crippen molar-refractivity contribution in [3.63, 3.8) is 0 Å². The molecule has 0 aliphatic rings. The van der Waals surface area contributed by atoms with Gasteiger partial charge in [-0.25, -0.2) is 0 Å². The first-order valence-corrected chi connectivity index (χ1v) is 5.36. The third-order valence-corrected chi connectivity index (χ3v) is 2.77. The molecule has 1 aromatic heterocycles. The van der Waals surface area contributed by atoms with Crippen molar-refractivity contribution in [2.45, 2.75) is 20.8 Å². The maximum atomic E-state index is 11.6. The van der Waals surface area contributed by atoms with Crippen molar-refractivity contribution in [2.75, 3.05) is 0 Å². The Kier molecular flexibility index (Phi) is 2.71. The summed E-state index contributed by atoms with van der Waals surface area (Å²) in [4.78, 5) is 18.3. The molecule has 0 saturated heterocycles. The van der Waals surface area contributed by atoms with E-state index in [1.165, 1.54) is 6.92 Å². The van der Waals surface area contributed by atoms with Gasteiger partial charge in [-0.3, -0.25) is 4.79 Å². The van der Waals surface area contributed by atoms with Crippen LogP contribution >= 0.6 is 0 Å². The van der Waals surface area contributed by atoms with Crippen molar-refractivity contribution in [3.05, 3.63) is 45.2 Å². The van der Waals surface area contributed by atoms with Crippen molar-refractivity contribution in [1.29, 1.82) is 0 Å². The lowest BCUT2D eigenvalue weighted by molar-refractivity contribution is 0.447. The van der Waals surface area contributed by atoms with E-state index in [-0.39, 0.29) is 17.0 Å². The lowest BCUT2D eigenvalue weighted by Gasteiger charge is -2.07. The SMILES string of the molecule is Cc1ccc(C)c(-c2nc(O)c(C)c(=O)[nH]2)c1. The number of benzene rings is 1. The van der Waals surface area contributed by atoms with E-state index in [0.29, 0.717) is 5.82 Å². The number of aryl methyl sites for hydroxylation is 2. The lowest BCUT2D eigenvalue weighted by atomic mass is 10.1. The largest absolute Gasteiger partial charge is 0.493 e. The Hall–Kier alpha value is -2.10. The second kappa shape index (κ2) is 4.05. The van der Waals surface area contributed by atoms with Crippen LogP contribution in [0.15, 0.2) is 23.0 Å². The Bertz CT molecular complexity index is 630. The molecule has 17 heavy (non-hydrogen) atoms. The molecule has 0 radical (unpaired) electrons. The molecule has 4 heteroatoms. The van der Waals surface area contributed by atoms with Gasteiger partial charge in [0.15, 0.2) is 0 Å². The average Bonchev–Trinajstić information content (AvgIpc) is 2.28. The summed E-state index contributed by atoms with van der Waals surface area (Å²) < 4.78 is 0. The third-order valence-electron chi connectivity index (χ3n) is 2.77. The summed E-state index contributed by atoms with van der Waals surface area (Å²) in [6, 6.07) is 5.88. The van der Waals surface area contributed by atoms with Crippen molar-refractivity contribution in [3.8, 4) is 17.3 Å². The summed E-state index contributed by atoms with van der Waals surface area (Å²) in [6.07, 6.45) is 0. The summed E-state index contributed by atoms with van der Waals surface area (Å²) >= 11 is 0. The van der Waals surface area contributed by atoms with Gasteiger partial charge < -0.3 is 10.1 Å². The molecule has 1 heterocycles. The van der Waals surface area contributed by atoms with Crippen LogP contribution in [0.3, 0.4) is 0 Å². The monoisotopic (exact) mass is 230 g/mol. The van der Waals surface area contributed by atoms with Crippen LogP contribution in [0.25, 0.3) is 11.4 Å². The predicted molar refractivity (Wildman–Crippen MR) is 66.2 cm³/mol. The van der Waals surface area contributed by atoms with E-state index in [0.717, 1.165) is 16.7 Å². The number of hydrogen-bond acceptors (Lipinski definition) is 3. The smallest absolute Gasteiger partial charge is 0.257 e. The molecule has 0 bridgehead atoms. The minimum Gasteiger partial charge on any atom is -0.493 e. The van der Waals surface area contributed by atoms with Gasteiger partial charge in [-0.2, -0.15) is 4.98 Å². The van der Waals surface area contributed by atoms with Crippen molar-refractivity contribution in [1.82, 2.24) is 9.97 Å². The molecule has 0 aliphatic heterocycles. The van der Waals surface area contributed by atoms with Crippen LogP contribution in [-0.2, 0) is 0 Å². The fourth-order valence-corrected chi connectivity index (χ4v) is 1.64. The van der Waals surface area contributed by atoms with Gasteiger partial charge in [0.2, 0.25) is 5.88 Å². The van der Waals surface area contributed by atoms with Crippen molar-refractivity contribution in [2.24, 2.45) is 0 Å². The highest BCUT2D eigenvalue weighted by Crippen LogP contribution is 2.22. The molecule has 2 N–H and O–H groups in total. The van der Waals surface area contributed by atoms with Crippen LogP contribution in [0.4, 0.5) is 0 Å². The maximum Gasteiger partial charge on any atom is 0.257 e. The van der Waals surface area contributed by atoms with E-state index >= 15 is 0 Å². The van der Waals surface area contributed by atoms with Crippen LogP contribution in [0.5, 0.6) is 5.88 Å². The van der Waals surface area contributed by atoms with Crippen LogP contribution in [-0.4, -0.2) is 15.1 Å². The van der Waals surface area contributed by atoms with Gasteiger partial charge in [0.25, 0.3) is 5.56 Å². The summed E-state index contributed by atoms with van der Waals surface area (Å²) in [5.41, 5.74) is 2.83. The summed E-state index contributed by atoms with van der Waals surface area (Å²) in [5.74, 6) is 0.184. The Labute approximate surface area is 99.0 Å². The molecule has 88 valence electrons. The molecule has 1 aromatic carbocycles. The Morgan fingerprint density at radius 3 is 2.59 bits per heavy atom. The van der Waals surface area contributed by atoms with E-state index in [4.69, 9.17) is 0 Å². The molecule has 0 spiro atoms. The average molecular weight is 230 g/mol. The number of aromatic hydroxyl groups is 1. The lowest BCUT2D eigenvalue weighted by Crippen LogP contribution is -2.12. The van der Waals surface area contributed by atoms with Gasteiger partial charge in [0.05, 0.1) is 5.56 Å². The molecule has 0 amide bonds. The van der Waals surface area contributed by atoms with E-state index in [1.807, 2.05) is 32.0 Å². The van der Waals surface area contributed by atoms with E-state index < -0.39 is 0 Å². The minimum atomic E-state index is -0.312. The van der Waals surface area contributed by atoms with Crippen LogP contribution < -0.4 is 5.56 Å². The fraction of sp³-hybridized carbons (Fsp3) is 0.231. The Morgan fingerprint density at radius 2 is 1.94 bits per heavy atom. The number of nitrogens with one attached hydrogen (secondary N) is 1. The number of H-pyrrole nitrogens is 1. The first-order chi connectivity index (χ1) is 7.99. The maximum absolute atomic E-state index is 11.6. The summed E-state index contributed by atoms with van der Waals surface area (Å²) in [6.45, 7) is 5.44. The van der Waals surface area contributed by atoms with Gasteiger partial charge in [-0.05, 0) is 32.4 Å². The summed E-state index contributed by atoms with van der Waals surface area (Å²) in [5, 5.41) is 9.57. The van der Waals surface area contributed by atoms with Crippen LogP contribution in [0.1, 0.15) is 16.7 Å². The summed E-state index contributed by atoms with van der Waals surface area (Å²) in [7, 11) is 0. The predicted octanol–water partition coefficient (Wildman–Crippen LogP) is 2.07. The fourth-order valence-electron chi connectivity index (χ4n) is 1.64. The molecular formula is C13H14N2O2. The van der Waals surface area contributed by atoms with Crippen molar-refractivity contribution >= 4 is 0 Å². The van der Waals surface area contributed by atoms with Crippen LogP contribution in [0, 0.1) is 20.8 Å². The Morgan fingerprint density at radius 1 is 1.24 bits per heavy atom. The van der Waals surface area contributed by atoms with E-state index in [9.17, 15) is 9.90 Å². The van der Waals surface area contributed by atoms with Gasteiger partial charge >= 0.3 is 0 Å². The first-order valence-electron chi connectivity index (χ1n) is 5.36. The molecule has 2 aromatic rings. The second-order valence-corrected chi connectivity index (χ2v) is 4.18. The van der Waals surface area contributed by atoms with Gasteiger partial charge in [-0.1, -0.05) is 17.7 Å². The standard InChI is InChI=1S/C13H14N2O2/c1-7-4-5-8(2)10(6-7)11-14-12(16)9(3)13(17)15-11/h4-6H,1-3H3,(H2,14,15,16,17). The third kappa shape index (κ3) is 2.06. The van der Waals surface area contributed by atoms with E-state index in [1.54, 1.807) is 0 Å². The molecule has 0 aliphatic carbocycles. The van der Waals surface area contributed by atoms with Crippen molar-refractivity contribution < 1.29 is 5.11 Å². The Balaban J connectivity index is 2.69. The second-order valence-electron chi connectivity index (χ2n) is 4.18. The quantitative estimate of drug-likeness (QED) is 0.788. The normalized spacial score (nSPS) is 10.5. The zero-order chi connectivity index (χ0) is 12.6. The highest BCUT2D eigenvalue weighted by Gasteiger charge is 2.09. The van der Waals surface area contributed by atoms with Crippen LogP contribution in [0.2, 0.25) is 0 Å². The molecular weight excluding hydrogens is 216 g/mol. The molecule has 0 unspecified atom stereocenters. The minimum absolute atomic E-state index is 0.218. The molecule has 0 saturated carbocycles. The zero-order valence-corrected chi connectivity index (χ0v) is 10.0. The number of aromatic amines is 1. The van der Waals surface area contributed by atoms with Gasteiger partial charge in [0.1, 0.15) is 5.82 Å².